The van der Waals surface area contributed by atoms with Crippen LogP contribution in [0.2, 0.25) is 0 Å². The Labute approximate surface area is 295 Å². The Kier molecular flexibility index (Phi) is 5.89. The van der Waals surface area contributed by atoms with Crippen LogP contribution in [-0.4, -0.2) is 82.6 Å². The second kappa shape index (κ2) is 10.1. The van der Waals surface area contributed by atoms with Crippen molar-refractivity contribution in [3.8, 4) is 23.0 Å². The summed E-state index contributed by atoms with van der Waals surface area (Å²) in [4.78, 5) is 64.4. The number of hydrogen-bond donors (Lipinski definition) is 5. The molecule has 5 aliphatic rings. The third kappa shape index (κ3) is 3.62. The van der Waals surface area contributed by atoms with Gasteiger partial charge in [0.25, 0.3) is 11.8 Å². The molecule has 2 aliphatic carbocycles. The molecule has 5 aromatic rings. The molecule has 0 unspecified atom stereocenters. The number of nitrogens with two attached hydrogens (primary N) is 1. The van der Waals surface area contributed by atoms with E-state index in [0.29, 0.717) is 57.9 Å². The molecule has 0 radical (unpaired) electrons. The van der Waals surface area contributed by atoms with Crippen LogP contribution in [0.1, 0.15) is 54.4 Å². The average Bonchev–Trinajstić information content (AvgIpc) is 3.78. The van der Waals surface area contributed by atoms with Crippen molar-refractivity contribution in [1.82, 2.24) is 14.9 Å². The van der Waals surface area contributed by atoms with Gasteiger partial charge in [0.05, 0.1) is 36.6 Å². The van der Waals surface area contributed by atoms with Crippen LogP contribution in [0.5, 0.6) is 23.0 Å². The molecule has 4 amide bonds. The molecular formula is C38H32N6O8. The van der Waals surface area contributed by atoms with Crippen molar-refractivity contribution in [3.05, 3.63) is 81.8 Å². The van der Waals surface area contributed by atoms with Gasteiger partial charge in [-0.25, -0.2) is 4.79 Å². The van der Waals surface area contributed by atoms with Crippen LogP contribution in [0.4, 0.5) is 16.2 Å². The third-order valence-electron chi connectivity index (χ3n) is 11.7. The van der Waals surface area contributed by atoms with Crippen molar-refractivity contribution in [2.45, 2.75) is 24.7 Å². The number of fused-ring (bicyclic) bond motifs is 7. The lowest BCUT2D eigenvalue weighted by atomic mass is 9.81. The number of aromatic hydroxyl groups is 2. The Bertz CT molecular complexity index is 2570. The highest BCUT2D eigenvalue weighted by Gasteiger charge is 2.67. The molecule has 10 rings (SSSR count). The van der Waals surface area contributed by atoms with Crippen molar-refractivity contribution in [2.75, 3.05) is 43.7 Å². The van der Waals surface area contributed by atoms with Crippen LogP contribution in [0.3, 0.4) is 0 Å². The summed E-state index contributed by atoms with van der Waals surface area (Å²) in [6.45, 7) is 0.984. The van der Waals surface area contributed by atoms with Crippen molar-refractivity contribution in [2.24, 2.45) is 11.7 Å². The molecule has 6 N–H and O–H groups in total. The number of ether oxygens (including phenoxy) is 2. The second-order valence-electron chi connectivity index (χ2n) is 14.0. The zero-order valence-corrected chi connectivity index (χ0v) is 28.1. The second-order valence-corrected chi connectivity index (χ2v) is 14.0. The number of likely N-dealkylation sites (tertiary alicyclic amines) is 1. The fraction of sp³-hybridized carbons (Fsp3) is 0.263. The van der Waals surface area contributed by atoms with Crippen LogP contribution in [0.15, 0.2) is 48.2 Å². The minimum Gasteiger partial charge on any atom is -0.503 e. The number of aromatic amines is 2. The van der Waals surface area contributed by atoms with Crippen LogP contribution < -0.4 is 25.0 Å². The first-order chi connectivity index (χ1) is 25.1. The fourth-order valence-corrected chi connectivity index (χ4v) is 9.42. The molecule has 262 valence electrons. The first-order valence-electron chi connectivity index (χ1n) is 17.0. The Morgan fingerprint density at radius 2 is 1.40 bits per heavy atom. The number of primary amides is 1. The van der Waals surface area contributed by atoms with E-state index in [9.17, 15) is 29.4 Å². The first-order valence-corrected chi connectivity index (χ1v) is 17.0. The molecule has 2 aromatic heterocycles. The minimum atomic E-state index is -0.714. The predicted octanol–water partition coefficient (Wildman–Crippen LogP) is 4.22. The monoisotopic (exact) mass is 700 g/mol. The molecule has 2 fully saturated rings. The average molecular weight is 701 g/mol. The van der Waals surface area contributed by atoms with E-state index in [1.807, 2.05) is 24.3 Å². The number of piperidine rings is 1. The summed E-state index contributed by atoms with van der Waals surface area (Å²) >= 11 is 0. The zero-order chi connectivity index (χ0) is 36.0. The van der Waals surface area contributed by atoms with E-state index in [-0.39, 0.29) is 81.9 Å². The van der Waals surface area contributed by atoms with Gasteiger partial charge in [-0.3, -0.25) is 19.3 Å². The molecule has 1 saturated carbocycles. The van der Waals surface area contributed by atoms with E-state index in [0.717, 1.165) is 17.7 Å². The lowest BCUT2D eigenvalue weighted by Gasteiger charge is -2.29. The first kappa shape index (κ1) is 30.4. The molecule has 14 heteroatoms. The molecule has 3 aromatic carbocycles. The Morgan fingerprint density at radius 1 is 0.846 bits per heavy atom. The maximum absolute atomic E-state index is 14.2. The summed E-state index contributed by atoms with van der Waals surface area (Å²) in [5, 5.41) is 23.9. The number of allylic oxidation sites excluding steroid dienone is 2. The molecular weight excluding hydrogens is 668 g/mol. The number of hydrogen-bond acceptors (Lipinski definition) is 8. The van der Waals surface area contributed by atoms with Gasteiger partial charge in [-0.1, -0.05) is 24.3 Å². The van der Waals surface area contributed by atoms with Gasteiger partial charge in [-0.15, -0.1) is 0 Å². The predicted molar refractivity (Wildman–Crippen MR) is 189 cm³/mol. The van der Waals surface area contributed by atoms with Gasteiger partial charge >= 0.3 is 6.03 Å². The molecule has 0 bridgehead atoms. The molecule has 1 spiro atoms. The summed E-state index contributed by atoms with van der Waals surface area (Å²) in [5.74, 6) is -0.989. The molecule has 5 heterocycles. The Hall–Kier alpha value is -6.44. The number of nitrogens with one attached hydrogen (secondary N) is 2. The van der Waals surface area contributed by atoms with Crippen LogP contribution in [0, 0.1) is 5.92 Å². The summed E-state index contributed by atoms with van der Waals surface area (Å²) in [6.07, 6.45) is 3.29. The van der Waals surface area contributed by atoms with Crippen LogP contribution >= 0.6 is 0 Å². The highest BCUT2D eigenvalue weighted by atomic mass is 16.5. The van der Waals surface area contributed by atoms with E-state index in [2.05, 4.69) is 9.97 Å². The largest absolute Gasteiger partial charge is 0.503 e. The van der Waals surface area contributed by atoms with Gasteiger partial charge in [0.1, 0.15) is 11.4 Å². The number of carbonyl (C=O) groups excluding carboxylic acids is 4. The van der Waals surface area contributed by atoms with Gasteiger partial charge in [0.15, 0.2) is 28.8 Å². The van der Waals surface area contributed by atoms with E-state index in [1.54, 1.807) is 23.1 Å². The molecule has 1 saturated heterocycles. The van der Waals surface area contributed by atoms with E-state index in [4.69, 9.17) is 15.2 Å². The number of amides is 4. The summed E-state index contributed by atoms with van der Waals surface area (Å²) in [6, 6.07) is 10.3. The van der Waals surface area contributed by atoms with E-state index < -0.39 is 11.9 Å². The number of phenolic OH excluding ortho intramolecular Hbond substituents is 2. The number of aromatic nitrogens is 2. The van der Waals surface area contributed by atoms with Gasteiger partial charge in [0.2, 0.25) is 0 Å². The van der Waals surface area contributed by atoms with E-state index >= 15 is 0 Å². The number of ketones is 1. The number of nitrogens with zero attached hydrogens (tertiary/aromatic N) is 3. The SMILES string of the molecule is COc1c(O)c2c(c3cc(C(=O)N4CCc5c4c(O)c(OC)c4[nH]c(C(=O)N6C[C@@H]7C[C@]78C6=CC(=O)c6ccccc68)cc54)[nH]c13)CCN2C(N)=O. The lowest BCUT2D eigenvalue weighted by molar-refractivity contribution is 0.0806. The topological polar surface area (TPSA) is 195 Å². The van der Waals surface area contributed by atoms with Crippen molar-refractivity contribution in [1.29, 1.82) is 0 Å². The van der Waals surface area contributed by atoms with Gasteiger partial charge in [0, 0.05) is 53.2 Å². The fourth-order valence-electron chi connectivity index (χ4n) is 9.42. The quantitative estimate of drug-likeness (QED) is 0.184. The minimum absolute atomic E-state index is 0.0670. The van der Waals surface area contributed by atoms with Gasteiger partial charge in [-0.2, -0.15) is 0 Å². The number of carbonyl (C=O) groups is 4. The molecule has 14 nitrogen and oxygen atoms in total. The number of anilines is 2. The Morgan fingerprint density at radius 3 is 2.00 bits per heavy atom. The molecule has 2 atom stereocenters. The van der Waals surface area contributed by atoms with Crippen molar-refractivity contribution < 1.29 is 38.9 Å². The van der Waals surface area contributed by atoms with Gasteiger partial charge in [-0.05, 0) is 54.0 Å². The highest BCUT2D eigenvalue weighted by molar-refractivity contribution is 6.15. The summed E-state index contributed by atoms with van der Waals surface area (Å²) in [7, 11) is 2.79. The zero-order valence-electron chi connectivity index (χ0n) is 28.1. The van der Waals surface area contributed by atoms with Crippen LogP contribution in [0.25, 0.3) is 21.8 Å². The smallest absolute Gasteiger partial charge is 0.319 e. The van der Waals surface area contributed by atoms with Crippen molar-refractivity contribution >= 4 is 56.8 Å². The summed E-state index contributed by atoms with van der Waals surface area (Å²) in [5.41, 5.74) is 10.7. The number of phenols is 2. The van der Waals surface area contributed by atoms with E-state index in [1.165, 1.54) is 24.0 Å². The van der Waals surface area contributed by atoms with Gasteiger partial charge < -0.3 is 45.2 Å². The number of benzene rings is 3. The number of urea groups is 1. The number of methoxy groups -OCH3 is 2. The standard InChI is InChI=1S/C38H32N6O8/c1-51-33-27-20(12-24(41-27)36(49)44-15-16-14-38(16)22-6-4-3-5-19(22)25(45)13-26(38)44)17-7-9-42(29(17)31(33)46)35(48)23-11-21-18-8-10-43(37(39)50)30(18)32(47)34(52-2)28(21)40-23/h3-6,11-13,16,40-41,46-47H,7-10,14-15H2,1-2H3,(H2,39,50)/t16-,38-/m0/s1. The molecule has 52 heavy (non-hydrogen) atoms. The lowest BCUT2D eigenvalue weighted by Crippen LogP contribution is -2.34. The highest BCUT2D eigenvalue weighted by Crippen LogP contribution is 2.66. The third-order valence-corrected chi connectivity index (χ3v) is 11.7. The van der Waals surface area contributed by atoms with Crippen LogP contribution in [-0.2, 0) is 18.3 Å². The number of rotatable bonds is 4. The molecule has 3 aliphatic heterocycles. The number of H-pyrrole nitrogens is 2. The maximum atomic E-state index is 14.2. The normalized spacial score (nSPS) is 20.8. The summed E-state index contributed by atoms with van der Waals surface area (Å²) < 4.78 is 11.2. The maximum Gasteiger partial charge on any atom is 0.319 e. The van der Waals surface area contributed by atoms with Crippen molar-refractivity contribution in [3.63, 3.8) is 0 Å². The Balaban J connectivity index is 1.03.